The smallest absolute Gasteiger partial charge is 0.321 e. The molecule has 0 atom stereocenters. The summed E-state index contributed by atoms with van der Waals surface area (Å²) in [6.45, 7) is 1.83. The van der Waals surface area contributed by atoms with Crippen molar-refractivity contribution in [3.63, 3.8) is 0 Å². The Labute approximate surface area is 96.4 Å². The molecule has 0 spiro atoms. The zero-order valence-electron chi connectivity index (χ0n) is 8.77. The Morgan fingerprint density at radius 1 is 1.47 bits per heavy atom. The van der Waals surface area contributed by atoms with E-state index in [0.717, 1.165) is 5.56 Å². The van der Waals surface area contributed by atoms with Crippen LogP contribution in [0.2, 0.25) is 0 Å². The van der Waals surface area contributed by atoms with E-state index in [-0.39, 0.29) is 11.7 Å². The molecule has 0 saturated heterocycles. The second-order valence-electron chi connectivity index (χ2n) is 3.41. The zero-order chi connectivity index (χ0) is 11.6. The molecule has 0 radical (unpaired) electrons. The van der Waals surface area contributed by atoms with Crippen LogP contribution in [0.4, 0.5) is 14.9 Å². The molecule has 15 heavy (non-hydrogen) atoms. The van der Waals surface area contributed by atoms with Gasteiger partial charge in [-0.1, -0.05) is 15.9 Å². The third-order valence-electron chi connectivity index (χ3n) is 1.90. The van der Waals surface area contributed by atoms with Crippen molar-refractivity contribution in [2.75, 3.05) is 19.4 Å². The summed E-state index contributed by atoms with van der Waals surface area (Å²) in [5.74, 6) is -0.456. The van der Waals surface area contributed by atoms with Crippen molar-refractivity contribution < 1.29 is 9.18 Å². The molecular weight excluding hydrogens is 263 g/mol. The van der Waals surface area contributed by atoms with Gasteiger partial charge in [-0.15, -0.1) is 0 Å². The van der Waals surface area contributed by atoms with E-state index in [1.54, 1.807) is 20.2 Å². The van der Waals surface area contributed by atoms with Gasteiger partial charge in [-0.25, -0.2) is 9.18 Å². The maximum atomic E-state index is 13.4. The lowest BCUT2D eigenvalue weighted by atomic mass is 10.2. The number of amides is 2. The number of halogens is 2. The van der Waals surface area contributed by atoms with Gasteiger partial charge in [0.25, 0.3) is 0 Å². The fourth-order valence-electron chi connectivity index (χ4n) is 0.980. The molecule has 3 nitrogen and oxygen atoms in total. The quantitative estimate of drug-likeness (QED) is 0.839. The summed E-state index contributed by atoms with van der Waals surface area (Å²) in [6, 6.07) is 2.57. The molecule has 0 saturated carbocycles. The molecule has 0 aliphatic rings. The Morgan fingerprint density at radius 3 is 2.60 bits per heavy atom. The van der Waals surface area contributed by atoms with Crippen molar-refractivity contribution in [3.05, 3.63) is 28.0 Å². The molecular formula is C10H12BrFN2O. The molecule has 0 unspecified atom stereocenters. The molecule has 0 bridgehead atoms. The van der Waals surface area contributed by atoms with Gasteiger partial charge in [-0.3, -0.25) is 0 Å². The average Bonchev–Trinajstić information content (AvgIpc) is 2.13. The summed E-state index contributed by atoms with van der Waals surface area (Å²) < 4.78 is 14.1. The van der Waals surface area contributed by atoms with E-state index >= 15 is 0 Å². The largest absolute Gasteiger partial charge is 0.331 e. The lowest BCUT2D eigenvalue weighted by Gasteiger charge is -2.13. The topological polar surface area (TPSA) is 32.3 Å². The summed E-state index contributed by atoms with van der Waals surface area (Å²) in [6.07, 6.45) is 0. The number of carbonyl (C=O) groups is 1. The van der Waals surface area contributed by atoms with E-state index in [1.165, 1.54) is 11.0 Å². The van der Waals surface area contributed by atoms with Gasteiger partial charge >= 0.3 is 6.03 Å². The first kappa shape index (κ1) is 12.0. The Bertz CT molecular complexity index is 393. The summed E-state index contributed by atoms with van der Waals surface area (Å²) >= 11 is 3.21. The Balaban J connectivity index is 2.96. The minimum Gasteiger partial charge on any atom is -0.331 e. The number of hydrogen-bond acceptors (Lipinski definition) is 1. The number of hydrogen-bond donors (Lipinski definition) is 1. The molecule has 5 heteroatoms. The zero-order valence-corrected chi connectivity index (χ0v) is 10.4. The van der Waals surface area contributed by atoms with Crippen LogP contribution in [0.3, 0.4) is 0 Å². The minimum atomic E-state index is -0.456. The highest BCUT2D eigenvalue weighted by molar-refractivity contribution is 9.10. The summed E-state index contributed by atoms with van der Waals surface area (Å²) in [5.41, 5.74) is 1.06. The van der Waals surface area contributed by atoms with Crippen LogP contribution in [0.1, 0.15) is 5.56 Å². The molecule has 1 rings (SSSR count). The van der Waals surface area contributed by atoms with Gasteiger partial charge in [0.2, 0.25) is 0 Å². The van der Waals surface area contributed by atoms with Gasteiger partial charge in [0.15, 0.2) is 0 Å². The normalized spacial score (nSPS) is 9.93. The minimum absolute atomic E-state index is 0.189. The van der Waals surface area contributed by atoms with Gasteiger partial charge in [-0.05, 0) is 24.6 Å². The van der Waals surface area contributed by atoms with Gasteiger partial charge in [0.1, 0.15) is 5.82 Å². The lowest BCUT2D eigenvalue weighted by Crippen LogP contribution is -2.27. The van der Waals surface area contributed by atoms with Gasteiger partial charge in [-0.2, -0.15) is 0 Å². The summed E-state index contributed by atoms with van der Waals surface area (Å²) in [7, 11) is 3.19. The predicted molar refractivity (Wildman–Crippen MR) is 61.5 cm³/mol. The van der Waals surface area contributed by atoms with Crippen LogP contribution in [0.25, 0.3) is 0 Å². The van der Waals surface area contributed by atoms with Gasteiger partial charge < -0.3 is 10.2 Å². The van der Waals surface area contributed by atoms with Crippen molar-refractivity contribution in [2.45, 2.75) is 6.92 Å². The van der Waals surface area contributed by atoms with Crippen molar-refractivity contribution in [3.8, 4) is 0 Å². The highest BCUT2D eigenvalue weighted by Crippen LogP contribution is 2.23. The standard InChI is InChI=1S/C10H12BrFN2O/c1-6-4-9(8(12)5-7(6)11)13-10(15)14(2)3/h4-5H,1-3H3,(H,13,15). The van der Waals surface area contributed by atoms with Crippen LogP contribution in [0.15, 0.2) is 16.6 Å². The molecule has 0 heterocycles. The Kier molecular flexibility index (Phi) is 3.68. The Morgan fingerprint density at radius 2 is 2.07 bits per heavy atom. The number of aryl methyl sites for hydroxylation is 1. The van der Waals surface area contributed by atoms with Crippen molar-refractivity contribution in [2.24, 2.45) is 0 Å². The highest BCUT2D eigenvalue weighted by atomic mass is 79.9. The molecule has 0 aliphatic carbocycles. The highest BCUT2D eigenvalue weighted by Gasteiger charge is 2.10. The summed E-state index contributed by atoms with van der Waals surface area (Å²) in [4.78, 5) is 12.6. The lowest BCUT2D eigenvalue weighted by molar-refractivity contribution is 0.230. The van der Waals surface area contributed by atoms with Crippen LogP contribution in [0, 0.1) is 12.7 Å². The van der Waals surface area contributed by atoms with Crippen molar-refractivity contribution in [1.82, 2.24) is 4.90 Å². The Hall–Kier alpha value is -1.10. The second-order valence-corrected chi connectivity index (χ2v) is 4.26. The molecule has 0 fully saturated rings. The van der Waals surface area contributed by atoms with E-state index in [0.29, 0.717) is 4.47 Å². The van der Waals surface area contributed by atoms with Crippen LogP contribution in [-0.2, 0) is 0 Å². The molecule has 0 aliphatic heterocycles. The molecule has 0 aromatic heterocycles. The van der Waals surface area contributed by atoms with E-state index in [2.05, 4.69) is 21.2 Å². The number of urea groups is 1. The van der Waals surface area contributed by atoms with Crippen molar-refractivity contribution in [1.29, 1.82) is 0 Å². The van der Waals surface area contributed by atoms with Gasteiger partial charge in [0.05, 0.1) is 5.69 Å². The van der Waals surface area contributed by atoms with Crippen LogP contribution < -0.4 is 5.32 Å². The third-order valence-corrected chi connectivity index (χ3v) is 2.75. The average molecular weight is 275 g/mol. The number of nitrogens with one attached hydrogen (secondary N) is 1. The maximum absolute atomic E-state index is 13.4. The first-order valence-corrected chi connectivity index (χ1v) is 5.15. The van der Waals surface area contributed by atoms with E-state index in [9.17, 15) is 9.18 Å². The summed E-state index contributed by atoms with van der Waals surface area (Å²) in [5, 5.41) is 2.47. The van der Waals surface area contributed by atoms with E-state index < -0.39 is 5.82 Å². The monoisotopic (exact) mass is 274 g/mol. The second kappa shape index (κ2) is 4.61. The number of nitrogens with zero attached hydrogens (tertiary/aromatic N) is 1. The first-order chi connectivity index (χ1) is 6.91. The van der Waals surface area contributed by atoms with E-state index in [1.807, 2.05) is 6.92 Å². The SMILES string of the molecule is Cc1cc(NC(=O)N(C)C)c(F)cc1Br. The predicted octanol–water partition coefficient (Wildman–Crippen LogP) is 2.99. The van der Waals surface area contributed by atoms with Crippen LogP contribution in [-0.4, -0.2) is 25.0 Å². The molecule has 2 amide bonds. The molecule has 1 N–H and O–H groups in total. The van der Waals surface area contributed by atoms with E-state index in [4.69, 9.17) is 0 Å². The molecule has 1 aromatic carbocycles. The maximum Gasteiger partial charge on any atom is 0.321 e. The van der Waals surface area contributed by atoms with Gasteiger partial charge in [0, 0.05) is 18.6 Å². The number of carbonyl (C=O) groups excluding carboxylic acids is 1. The first-order valence-electron chi connectivity index (χ1n) is 4.35. The van der Waals surface area contributed by atoms with Crippen LogP contribution >= 0.6 is 15.9 Å². The van der Waals surface area contributed by atoms with Crippen LogP contribution in [0.5, 0.6) is 0 Å². The number of rotatable bonds is 1. The molecule has 1 aromatic rings. The third kappa shape index (κ3) is 2.92. The fraction of sp³-hybridized carbons (Fsp3) is 0.300. The molecule has 82 valence electrons. The van der Waals surface area contributed by atoms with Crippen molar-refractivity contribution >= 4 is 27.6 Å². The number of anilines is 1. The number of benzene rings is 1. The fourth-order valence-corrected chi connectivity index (χ4v) is 1.30.